The SMILES string of the molecule is C=Cc1ccc(Oc2ccc(C3(c4ccc(F)c(C)c4)c4ccccc4-c4ccc(N(c5ccc6c(c5)C(c5ccc(Oc7ccc(C=C)cc7)cc5)(c5ccc(F)c(C)c5)c5ccccc5-6)c5ccc6c(c5)oc5ccccc56)cc43)cc2)cc1. The predicted octanol–water partition coefficient (Wildman–Crippen LogP) is 21.5. The van der Waals surface area contributed by atoms with E-state index in [1.807, 2.05) is 141 Å². The molecule has 2 atom stereocenters. The highest BCUT2D eigenvalue weighted by Gasteiger charge is 2.49. The van der Waals surface area contributed by atoms with Crippen LogP contribution in [0.2, 0.25) is 0 Å². The number of furan rings is 1. The van der Waals surface area contributed by atoms with E-state index >= 15 is 8.78 Å². The fourth-order valence-corrected chi connectivity index (χ4v) is 13.6. The van der Waals surface area contributed by atoms with Crippen molar-refractivity contribution >= 4 is 51.2 Å². The van der Waals surface area contributed by atoms with Crippen molar-refractivity contribution in [3.05, 3.63) is 352 Å². The third-order valence-corrected chi connectivity index (χ3v) is 17.7. The number of ether oxygens (including phenoxy) is 2. The molecule has 86 heavy (non-hydrogen) atoms. The molecule has 0 saturated heterocycles. The molecule has 12 aromatic carbocycles. The second-order valence-corrected chi connectivity index (χ2v) is 22.4. The molecule has 15 rings (SSSR count). The molecule has 2 aliphatic rings. The molecule has 2 unspecified atom stereocenters. The number of para-hydroxylation sites is 1. The molecular weight excluding hydrogens is 1060 g/mol. The van der Waals surface area contributed by atoms with Gasteiger partial charge in [-0.25, -0.2) is 8.78 Å². The Hall–Kier alpha value is -10.8. The first-order chi connectivity index (χ1) is 42.1. The fourth-order valence-electron chi connectivity index (χ4n) is 13.6. The summed E-state index contributed by atoms with van der Waals surface area (Å²) in [5.41, 5.74) is 17.9. The van der Waals surface area contributed by atoms with Crippen molar-refractivity contribution in [2.75, 3.05) is 4.90 Å². The smallest absolute Gasteiger partial charge is 0.137 e. The summed E-state index contributed by atoms with van der Waals surface area (Å²) in [7, 11) is 0. The average Bonchev–Trinajstić information content (AvgIpc) is 1.54. The van der Waals surface area contributed by atoms with Gasteiger partial charge in [0, 0.05) is 33.9 Å². The quantitative estimate of drug-likeness (QED) is 0.115. The summed E-state index contributed by atoms with van der Waals surface area (Å²) < 4.78 is 51.0. The standard InChI is InChI=1S/C80H55F2NO3/c1-5-52-19-32-61(33-20-52)84-63-36-23-54(24-37-63)79(56-27-43-75(81)50(3)45-56)71-16-10-7-13-65(71)67-40-29-58(47-73(67)79)83(60-31-42-70-69-15-9-12-18-77(69)86-78(70)49-60)59-30-41-68-66-14-8-11-17-72(66)80(74(68)48-59,57-28-44-76(82)51(4)46-57)55-25-38-64(39-26-55)85-62-34-21-53(6-2)22-35-62/h5-49H,1-2H2,3-4H3. The Labute approximate surface area is 498 Å². The van der Waals surface area contributed by atoms with Gasteiger partial charge in [-0.2, -0.15) is 0 Å². The van der Waals surface area contributed by atoms with Crippen LogP contribution in [-0.4, -0.2) is 0 Å². The minimum atomic E-state index is -0.918. The first-order valence-corrected chi connectivity index (χ1v) is 28.9. The second-order valence-electron chi connectivity index (χ2n) is 22.4. The molecule has 0 bridgehead atoms. The van der Waals surface area contributed by atoms with Gasteiger partial charge in [-0.05, 0) is 206 Å². The molecular formula is C80H55F2NO3. The maximum Gasteiger partial charge on any atom is 0.137 e. The molecule has 6 heteroatoms. The van der Waals surface area contributed by atoms with Gasteiger partial charge in [-0.1, -0.05) is 177 Å². The van der Waals surface area contributed by atoms with Gasteiger partial charge in [0.25, 0.3) is 0 Å². The number of rotatable bonds is 13. The Morgan fingerprint density at radius 1 is 0.360 bits per heavy atom. The highest BCUT2D eigenvalue weighted by Crippen LogP contribution is 2.60. The van der Waals surface area contributed by atoms with E-state index in [0.29, 0.717) is 34.1 Å². The number of nitrogens with zero attached hydrogens (tertiary/aromatic N) is 1. The Morgan fingerprint density at radius 2 is 0.744 bits per heavy atom. The lowest BCUT2D eigenvalue weighted by Crippen LogP contribution is -2.29. The van der Waals surface area contributed by atoms with Gasteiger partial charge < -0.3 is 18.8 Å². The highest BCUT2D eigenvalue weighted by molar-refractivity contribution is 6.06. The van der Waals surface area contributed by atoms with Gasteiger partial charge in [-0.15, -0.1) is 0 Å². The number of hydrogen-bond donors (Lipinski definition) is 0. The van der Waals surface area contributed by atoms with E-state index < -0.39 is 10.8 Å². The number of aryl methyl sites for hydroxylation is 2. The van der Waals surface area contributed by atoms with E-state index in [-0.39, 0.29) is 11.6 Å². The normalized spacial score (nSPS) is 15.4. The van der Waals surface area contributed by atoms with E-state index in [9.17, 15) is 0 Å². The van der Waals surface area contributed by atoms with E-state index in [4.69, 9.17) is 13.9 Å². The molecule has 1 heterocycles. The maximum atomic E-state index is 15.7. The van der Waals surface area contributed by atoms with Crippen LogP contribution in [0.3, 0.4) is 0 Å². The number of hydrogen-bond acceptors (Lipinski definition) is 4. The molecule has 0 spiro atoms. The predicted molar refractivity (Wildman–Crippen MR) is 346 cm³/mol. The Kier molecular flexibility index (Phi) is 12.4. The van der Waals surface area contributed by atoms with Crippen LogP contribution >= 0.6 is 0 Å². The van der Waals surface area contributed by atoms with E-state index in [2.05, 4.69) is 152 Å². The molecule has 0 N–H and O–H groups in total. The zero-order valence-electron chi connectivity index (χ0n) is 47.3. The van der Waals surface area contributed by atoms with E-state index in [1.54, 1.807) is 12.1 Å². The summed E-state index contributed by atoms with van der Waals surface area (Å²) >= 11 is 0. The minimum absolute atomic E-state index is 0.271. The lowest BCUT2D eigenvalue weighted by atomic mass is 9.67. The number of fused-ring (bicyclic) bond motifs is 9. The minimum Gasteiger partial charge on any atom is -0.457 e. The fraction of sp³-hybridized carbons (Fsp3) is 0.0500. The summed E-state index contributed by atoms with van der Waals surface area (Å²) in [4.78, 5) is 2.32. The third-order valence-electron chi connectivity index (χ3n) is 17.7. The lowest BCUT2D eigenvalue weighted by Gasteiger charge is -2.36. The van der Waals surface area contributed by atoms with Crippen molar-refractivity contribution in [2.24, 2.45) is 0 Å². The summed E-state index contributed by atoms with van der Waals surface area (Å²) in [6, 6.07) is 88.8. The van der Waals surface area contributed by atoms with Crippen molar-refractivity contribution in [2.45, 2.75) is 24.7 Å². The lowest BCUT2D eigenvalue weighted by molar-refractivity contribution is 0.482. The molecule has 2 aliphatic carbocycles. The van der Waals surface area contributed by atoms with Crippen LogP contribution in [0.25, 0.3) is 56.3 Å². The topological polar surface area (TPSA) is 34.8 Å². The van der Waals surface area contributed by atoms with Crippen LogP contribution in [0.15, 0.2) is 278 Å². The number of halogens is 2. The van der Waals surface area contributed by atoms with Crippen LogP contribution in [-0.2, 0) is 10.8 Å². The molecule has 0 amide bonds. The molecule has 13 aromatic rings. The zero-order chi connectivity index (χ0) is 58.3. The molecule has 4 nitrogen and oxygen atoms in total. The Balaban J connectivity index is 0.956. The molecule has 1 aromatic heterocycles. The molecule has 0 aliphatic heterocycles. The summed E-state index contributed by atoms with van der Waals surface area (Å²) in [5, 5.41) is 2.05. The monoisotopic (exact) mass is 1120 g/mol. The van der Waals surface area contributed by atoms with Gasteiger partial charge in [0.05, 0.1) is 10.8 Å². The second kappa shape index (κ2) is 20.5. The third kappa shape index (κ3) is 8.23. The van der Waals surface area contributed by atoms with Crippen molar-refractivity contribution in [3.8, 4) is 45.3 Å². The number of benzene rings is 12. The Morgan fingerprint density at radius 3 is 1.21 bits per heavy atom. The zero-order valence-corrected chi connectivity index (χ0v) is 47.3. The van der Waals surface area contributed by atoms with Crippen molar-refractivity contribution < 1.29 is 22.7 Å². The van der Waals surface area contributed by atoms with Gasteiger partial charge in [0.15, 0.2) is 0 Å². The van der Waals surface area contributed by atoms with Crippen LogP contribution in [0.5, 0.6) is 23.0 Å². The van der Waals surface area contributed by atoms with Crippen molar-refractivity contribution in [1.82, 2.24) is 0 Å². The van der Waals surface area contributed by atoms with E-state index in [0.717, 1.165) is 117 Å². The molecule has 412 valence electrons. The Bertz CT molecular complexity index is 4600. The van der Waals surface area contributed by atoms with Crippen LogP contribution < -0.4 is 14.4 Å². The largest absolute Gasteiger partial charge is 0.457 e. The molecule has 0 fully saturated rings. The molecule has 0 saturated carbocycles. The van der Waals surface area contributed by atoms with Gasteiger partial charge in [0.2, 0.25) is 0 Å². The number of anilines is 3. The van der Waals surface area contributed by atoms with Crippen molar-refractivity contribution in [1.29, 1.82) is 0 Å². The summed E-state index contributed by atoms with van der Waals surface area (Å²) in [6.45, 7) is 11.5. The van der Waals surface area contributed by atoms with Gasteiger partial charge in [-0.3, -0.25) is 0 Å². The first kappa shape index (κ1) is 52.0. The summed E-state index contributed by atoms with van der Waals surface area (Å²) in [6.07, 6.45) is 3.62. The first-order valence-electron chi connectivity index (χ1n) is 28.9. The molecule has 0 radical (unpaired) electrons. The average molecular weight is 1120 g/mol. The van der Waals surface area contributed by atoms with Gasteiger partial charge >= 0.3 is 0 Å². The van der Waals surface area contributed by atoms with E-state index in [1.165, 1.54) is 0 Å². The van der Waals surface area contributed by atoms with Crippen LogP contribution in [0.1, 0.15) is 66.8 Å². The van der Waals surface area contributed by atoms with Crippen LogP contribution in [0.4, 0.5) is 25.8 Å². The van der Waals surface area contributed by atoms with Crippen molar-refractivity contribution in [3.63, 3.8) is 0 Å². The highest BCUT2D eigenvalue weighted by atomic mass is 19.1. The maximum absolute atomic E-state index is 15.7. The van der Waals surface area contributed by atoms with Crippen LogP contribution in [0, 0.1) is 25.5 Å². The van der Waals surface area contributed by atoms with Gasteiger partial charge in [0.1, 0.15) is 45.8 Å². The summed E-state index contributed by atoms with van der Waals surface area (Å²) in [5.74, 6) is 2.25.